The first-order chi connectivity index (χ1) is 12.5. The van der Waals surface area contributed by atoms with Crippen molar-refractivity contribution in [2.24, 2.45) is 0 Å². The first-order valence-corrected chi connectivity index (χ1v) is 8.40. The third kappa shape index (κ3) is 4.63. The number of amides is 1. The maximum absolute atomic E-state index is 11.3. The molecular formula is C22H21NO3. The number of hydrogen-bond donors (Lipinski definition) is 1. The zero-order valence-corrected chi connectivity index (χ0v) is 15.1. The van der Waals surface area contributed by atoms with Crippen molar-refractivity contribution < 1.29 is 14.3 Å². The van der Waals surface area contributed by atoms with Gasteiger partial charge < -0.3 is 14.8 Å². The number of hydrogen-bond acceptors (Lipinski definition) is 3. The molecule has 0 saturated carbocycles. The van der Waals surface area contributed by atoms with Crippen LogP contribution in [0.1, 0.15) is 18.1 Å². The number of carbonyl (C=O) groups is 1. The molecule has 132 valence electrons. The number of rotatable bonds is 5. The van der Waals surface area contributed by atoms with E-state index in [0.29, 0.717) is 22.9 Å². The van der Waals surface area contributed by atoms with E-state index in [1.54, 1.807) is 18.2 Å². The molecule has 0 saturated heterocycles. The molecule has 0 fully saturated rings. The smallest absolute Gasteiger partial charge is 0.221 e. The maximum Gasteiger partial charge on any atom is 0.221 e. The van der Waals surface area contributed by atoms with Gasteiger partial charge in [-0.2, -0.15) is 0 Å². The minimum atomic E-state index is -0.140. The minimum Gasteiger partial charge on any atom is -0.453 e. The Bertz CT molecular complexity index is 900. The number of benzene rings is 3. The van der Waals surface area contributed by atoms with Gasteiger partial charge in [-0.25, -0.2) is 0 Å². The highest BCUT2D eigenvalue weighted by Crippen LogP contribution is 2.37. The van der Waals surface area contributed by atoms with Crippen LogP contribution in [-0.4, -0.2) is 5.91 Å². The van der Waals surface area contributed by atoms with E-state index in [1.165, 1.54) is 6.92 Å². The molecule has 0 aromatic heterocycles. The summed E-state index contributed by atoms with van der Waals surface area (Å²) in [5.74, 6) is 2.38. The lowest BCUT2D eigenvalue weighted by atomic mass is 10.2. The van der Waals surface area contributed by atoms with Crippen molar-refractivity contribution in [1.82, 2.24) is 0 Å². The fourth-order valence-electron chi connectivity index (χ4n) is 2.42. The Kier molecular flexibility index (Phi) is 5.23. The SMILES string of the molecule is CC(=O)Nc1ccc(Oc2ccc(C)cc2)c(Oc2ccc(C)cc2)c1. The zero-order chi connectivity index (χ0) is 18.5. The van der Waals surface area contributed by atoms with Crippen LogP contribution in [0.3, 0.4) is 0 Å². The van der Waals surface area contributed by atoms with E-state index in [-0.39, 0.29) is 5.91 Å². The molecule has 0 aliphatic rings. The Labute approximate surface area is 153 Å². The third-order valence-corrected chi connectivity index (χ3v) is 3.76. The second-order valence-electron chi connectivity index (χ2n) is 6.17. The Balaban J connectivity index is 1.92. The Morgan fingerprint density at radius 1 is 0.731 bits per heavy atom. The number of aryl methyl sites for hydroxylation is 2. The van der Waals surface area contributed by atoms with Gasteiger partial charge in [-0.15, -0.1) is 0 Å². The molecule has 0 radical (unpaired) electrons. The second-order valence-corrected chi connectivity index (χ2v) is 6.17. The van der Waals surface area contributed by atoms with Gasteiger partial charge in [-0.3, -0.25) is 4.79 Å². The van der Waals surface area contributed by atoms with E-state index >= 15 is 0 Å². The monoisotopic (exact) mass is 347 g/mol. The Morgan fingerprint density at radius 2 is 1.23 bits per heavy atom. The van der Waals surface area contributed by atoms with Gasteiger partial charge in [-0.1, -0.05) is 35.4 Å². The van der Waals surface area contributed by atoms with Gasteiger partial charge in [0.05, 0.1) is 0 Å². The summed E-state index contributed by atoms with van der Waals surface area (Å²) >= 11 is 0. The molecule has 0 aliphatic carbocycles. The van der Waals surface area contributed by atoms with Crippen LogP contribution in [0.2, 0.25) is 0 Å². The van der Waals surface area contributed by atoms with Gasteiger partial charge in [0.2, 0.25) is 5.91 Å². The predicted octanol–water partition coefficient (Wildman–Crippen LogP) is 5.85. The van der Waals surface area contributed by atoms with Gasteiger partial charge in [0.25, 0.3) is 0 Å². The van der Waals surface area contributed by atoms with Crippen molar-refractivity contribution in [3.05, 3.63) is 77.9 Å². The quantitative estimate of drug-likeness (QED) is 0.630. The summed E-state index contributed by atoms with van der Waals surface area (Å²) in [6.45, 7) is 5.52. The molecule has 0 heterocycles. The molecule has 4 heteroatoms. The molecular weight excluding hydrogens is 326 g/mol. The molecule has 0 bridgehead atoms. The zero-order valence-electron chi connectivity index (χ0n) is 15.1. The highest BCUT2D eigenvalue weighted by atomic mass is 16.5. The molecule has 1 N–H and O–H groups in total. The van der Waals surface area contributed by atoms with E-state index in [0.717, 1.165) is 16.9 Å². The fraction of sp³-hybridized carbons (Fsp3) is 0.136. The number of anilines is 1. The second kappa shape index (κ2) is 7.74. The van der Waals surface area contributed by atoms with Crippen LogP contribution in [0.25, 0.3) is 0 Å². The summed E-state index contributed by atoms with van der Waals surface area (Å²) < 4.78 is 12.0. The van der Waals surface area contributed by atoms with Gasteiger partial charge in [0, 0.05) is 18.7 Å². The Morgan fingerprint density at radius 3 is 1.73 bits per heavy atom. The van der Waals surface area contributed by atoms with Crippen LogP contribution in [-0.2, 0) is 4.79 Å². The first kappa shape index (κ1) is 17.5. The molecule has 0 unspecified atom stereocenters. The highest BCUT2D eigenvalue weighted by Gasteiger charge is 2.10. The van der Waals surface area contributed by atoms with Gasteiger partial charge in [0.15, 0.2) is 11.5 Å². The average molecular weight is 347 g/mol. The molecule has 4 nitrogen and oxygen atoms in total. The average Bonchev–Trinajstić information content (AvgIpc) is 2.60. The van der Waals surface area contributed by atoms with E-state index in [1.807, 2.05) is 62.4 Å². The summed E-state index contributed by atoms with van der Waals surface area (Å²) in [7, 11) is 0. The molecule has 3 rings (SSSR count). The van der Waals surface area contributed by atoms with Crippen molar-refractivity contribution >= 4 is 11.6 Å². The summed E-state index contributed by atoms with van der Waals surface area (Å²) in [5.41, 5.74) is 2.96. The van der Waals surface area contributed by atoms with E-state index in [2.05, 4.69) is 5.32 Å². The largest absolute Gasteiger partial charge is 0.453 e. The summed E-state index contributed by atoms with van der Waals surface area (Å²) in [5, 5.41) is 2.76. The number of nitrogens with one attached hydrogen (secondary N) is 1. The lowest BCUT2D eigenvalue weighted by molar-refractivity contribution is -0.114. The van der Waals surface area contributed by atoms with Crippen molar-refractivity contribution in [2.45, 2.75) is 20.8 Å². The van der Waals surface area contributed by atoms with Gasteiger partial charge in [-0.05, 0) is 50.2 Å². The summed E-state index contributed by atoms with van der Waals surface area (Å²) in [6.07, 6.45) is 0. The van der Waals surface area contributed by atoms with Crippen molar-refractivity contribution in [2.75, 3.05) is 5.32 Å². The number of ether oxygens (including phenoxy) is 2. The lowest BCUT2D eigenvalue weighted by Crippen LogP contribution is -2.05. The van der Waals surface area contributed by atoms with Gasteiger partial charge in [0.1, 0.15) is 11.5 Å². The summed E-state index contributed by atoms with van der Waals surface area (Å²) in [6, 6.07) is 20.9. The minimum absolute atomic E-state index is 0.140. The maximum atomic E-state index is 11.3. The van der Waals surface area contributed by atoms with Crippen LogP contribution < -0.4 is 14.8 Å². The van der Waals surface area contributed by atoms with Crippen LogP contribution in [0.5, 0.6) is 23.0 Å². The highest BCUT2D eigenvalue weighted by molar-refractivity contribution is 5.89. The first-order valence-electron chi connectivity index (χ1n) is 8.40. The molecule has 3 aromatic carbocycles. The normalized spacial score (nSPS) is 10.3. The predicted molar refractivity (Wildman–Crippen MR) is 103 cm³/mol. The summed E-state index contributed by atoms with van der Waals surface area (Å²) in [4.78, 5) is 11.3. The standard InChI is InChI=1S/C22H21NO3/c1-15-4-9-19(10-5-15)25-21-13-8-18(23-17(3)24)14-22(21)26-20-11-6-16(2)7-12-20/h4-14H,1-3H3,(H,23,24). The van der Waals surface area contributed by atoms with E-state index < -0.39 is 0 Å². The molecule has 3 aromatic rings. The molecule has 1 amide bonds. The topological polar surface area (TPSA) is 47.6 Å². The number of carbonyl (C=O) groups excluding carboxylic acids is 1. The molecule has 26 heavy (non-hydrogen) atoms. The van der Waals surface area contributed by atoms with Crippen LogP contribution in [0, 0.1) is 13.8 Å². The molecule has 0 aliphatic heterocycles. The van der Waals surface area contributed by atoms with Crippen LogP contribution in [0.4, 0.5) is 5.69 Å². The van der Waals surface area contributed by atoms with Crippen molar-refractivity contribution in [1.29, 1.82) is 0 Å². The van der Waals surface area contributed by atoms with E-state index in [4.69, 9.17) is 9.47 Å². The van der Waals surface area contributed by atoms with Crippen molar-refractivity contribution in [3.63, 3.8) is 0 Å². The fourth-order valence-corrected chi connectivity index (χ4v) is 2.42. The van der Waals surface area contributed by atoms with Crippen LogP contribution in [0.15, 0.2) is 66.7 Å². The lowest BCUT2D eigenvalue weighted by Gasteiger charge is -2.14. The third-order valence-electron chi connectivity index (χ3n) is 3.76. The Hall–Kier alpha value is -3.27. The van der Waals surface area contributed by atoms with Crippen LogP contribution >= 0.6 is 0 Å². The molecule has 0 spiro atoms. The van der Waals surface area contributed by atoms with Crippen molar-refractivity contribution in [3.8, 4) is 23.0 Å². The van der Waals surface area contributed by atoms with Gasteiger partial charge >= 0.3 is 0 Å². The van der Waals surface area contributed by atoms with E-state index in [9.17, 15) is 4.79 Å². The molecule has 0 atom stereocenters.